The maximum Gasteiger partial charge on any atom is 0.168 e. The highest BCUT2D eigenvalue weighted by atomic mass is 16.3. The van der Waals surface area contributed by atoms with Crippen LogP contribution in [0.25, 0.3) is 0 Å². The van der Waals surface area contributed by atoms with Gasteiger partial charge in [0.2, 0.25) is 0 Å². The van der Waals surface area contributed by atoms with Crippen molar-refractivity contribution in [3.63, 3.8) is 0 Å². The maximum absolute atomic E-state index is 12.4. The van der Waals surface area contributed by atoms with E-state index in [-0.39, 0.29) is 17.0 Å². The van der Waals surface area contributed by atoms with Crippen LogP contribution >= 0.6 is 0 Å². The smallest absolute Gasteiger partial charge is 0.168 e. The van der Waals surface area contributed by atoms with Crippen LogP contribution in [0, 0.1) is 5.41 Å². The summed E-state index contributed by atoms with van der Waals surface area (Å²) >= 11 is 0. The molecule has 3 heteroatoms. The molecule has 22 heavy (non-hydrogen) atoms. The van der Waals surface area contributed by atoms with Crippen LogP contribution in [0.1, 0.15) is 52.0 Å². The summed E-state index contributed by atoms with van der Waals surface area (Å²) in [4.78, 5) is 17.1. The summed E-state index contributed by atoms with van der Waals surface area (Å²) in [5.41, 5.74) is 2.25. The summed E-state index contributed by atoms with van der Waals surface area (Å²) in [7, 11) is 0. The molecule has 0 saturated heterocycles. The number of aliphatic imine (C=N–C) groups is 1. The normalized spacial score (nSPS) is 22.0. The van der Waals surface area contributed by atoms with Gasteiger partial charge in [0.05, 0.1) is 12.1 Å². The van der Waals surface area contributed by atoms with Crippen LogP contribution in [-0.4, -0.2) is 16.6 Å². The first-order chi connectivity index (χ1) is 10.4. The third-order valence-corrected chi connectivity index (χ3v) is 3.92. The van der Waals surface area contributed by atoms with Crippen LogP contribution in [-0.2, 0) is 11.3 Å². The monoisotopic (exact) mass is 299 g/mol. The Bertz CT molecular complexity index is 597. The van der Waals surface area contributed by atoms with Crippen molar-refractivity contribution in [3.05, 3.63) is 47.2 Å². The Morgan fingerprint density at radius 3 is 2.55 bits per heavy atom. The number of aliphatic hydroxyl groups is 1. The van der Waals surface area contributed by atoms with Gasteiger partial charge in [-0.15, -0.1) is 0 Å². The Morgan fingerprint density at radius 2 is 1.91 bits per heavy atom. The van der Waals surface area contributed by atoms with E-state index < -0.39 is 0 Å². The zero-order valence-electron chi connectivity index (χ0n) is 13.7. The minimum Gasteiger partial charge on any atom is -0.511 e. The van der Waals surface area contributed by atoms with Crippen LogP contribution in [0.3, 0.4) is 0 Å². The number of carbonyl (C=O) groups excluding carboxylic acids is 1. The van der Waals surface area contributed by atoms with Crippen molar-refractivity contribution in [2.24, 2.45) is 10.4 Å². The fraction of sp³-hybridized carbons (Fsp3) is 0.474. The molecule has 0 radical (unpaired) electrons. The molecule has 0 spiro atoms. The van der Waals surface area contributed by atoms with Gasteiger partial charge >= 0.3 is 0 Å². The standard InChI is InChI=1S/C19H25NO2/c1-4-8-16(21)18-15(11-19(2,3)12-17(18)22)20-13-14-9-6-5-7-10-14/h5-7,9-10,21H,4,8,11-13H2,1-3H3/b18-16-,20-15?. The Labute approximate surface area is 132 Å². The van der Waals surface area contributed by atoms with Crippen molar-refractivity contribution >= 4 is 11.5 Å². The summed E-state index contributed by atoms with van der Waals surface area (Å²) in [6.45, 7) is 6.70. The summed E-state index contributed by atoms with van der Waals surface area (Å²) in [6, 6.07) is 9.99. The van der Waals surface area contributed by atoms with Crippen LogP contribution in [0.15, 0.2) is 46.7 Å². The van der Waals surface area contributed by atoms with Crippen molar-refractivity contribution in [2.45, 2.75) is 53.0 Å². The number of ketones is 1. The second-order valence-electron chi connectivity index (χ2n) is 6.76. The molecule has 1 aliphatic carbocycles. The molecule has 1 saturated carbocycles. The van der Waals surface area contributed by atoms with Crippen molar-refractivity contribution in [1.82, 2.24) is 0 Å². The molecule has 0 aliphatic heterocycles. The average Bonchev–Trinajstić information content (AvgIpc) is 2.44. The third kappa shape index (κ3) is 4.06. The number of benzene rings is 1. The minimum absolute atomic E-state index is 0.0222. The molecule has 2 rings (SSSR count). The molecule has 0 bridgehead atoms. The topological polar surface area (TPSA) is 49.7 Å². The lowest BCUT2D eigenvalue weighted by molar-refractivity contribution is -0.117. The van der Waals surface area contributed by atoms with Gasteiger partial charge in [0.1, 0.15) is 5.76 Å². The lowest BCUT2D eigenvalue weighted by Crippen LogP contribution is -2.32. The van der Waals surface area contributed by atoms with Gasteiger partial charge in [0.15, 0.2) is 5.78 Å². The molecule has 1 aromatic carbocycles. The SMILES string of the molecule is CCC/C(O)=C1/C(=O)CC(C)(C)CC1=NCc1ccccc1. The molecule has 3 nitrogen and oxygen atoms in total. The van der Waals surface area contributed by atoms with Crippen LogP contribution in [0.4, 0.5) is 0 Å². The number of allylic oxidation sites excluding steroid dienone is 2. The molecule has 1 N–H and O–H groups in total. The van der Waals surface area contributed by atoms with Gasteiger partial charge in [0, 0.05) is 18.6 Å². The third-order valence-electron chi connectivity index (χ3n) is 3.92. The van der Waals surface area contributed by atoms with Crippen LogP contribution in [0.5, 0.6) is 0 Å². The summed E-state index contributed by atoms with van der Waals surface area (Å²) < 4.78 is 0. The second kappa shape index (κ2) is 6.91. The second-order valence-corrected chi connectivity index (χ2v) is 6.76. The number of hydrogen-bond donors (Lipinski definition) is 1. The first-order valence-electron chi connectivity index (χ1n) is 7.96. The molecule has 0 heterocycles. The van der Waals surface area contributed by atoms with E-state index in [2.05, 4.69) is 18.8 Å². The molecule has 1 aromatic rings. The van der Waals surface area contributed by atoms with Gasteiger partial charge in [-0.05, 0) is 23.8 Å². The Hall–Kier alpha value is -1.90. The van der Waals surface area contributed by atoms with E-state index >= 15 is 0 Å². The van der Waals surface area contributed by atoms with E-state index in [9.17, 15) is 9.90 Å². The summed E-state index contributed by atoms with van der Waals surface area (Å²) in [6.07, 6.45) is 2.55. The van der Waals surface area contributed by atoms with E-state index in [1.807, 2.05) is 37.3 Å². The van der Waals surface area contributed by atoms with E-state index in [0.29, 0.717) is 25.0 Å². The Morgan fingerprint density at radius 1 is 1.23 bits per heavy atom. The number of nitrogens with zero attached hydrogens (tertiary/aromatic N) is 1. The van der Waals surface area contributed by atoms with Gasteiger partial charge in [-0.2, -0.15) is 0 Å². The number of carbonyl (C=O) groups is 1. The van der Waals surface area contributed by atoms with Crippen molar-refractivity contribution in [2.75, 3.05) is 0 Å². The zero-order valence-corrected chi connectivity index (χ0v) is 13.7. The lowest BCUT2D eigenvalue weighted by Gasteiger charge is -2.31. The fourth-order valence-corrected chi connectivity index (χ4v) is 2.88. The Balaban J connectivity index is 2.33. The van der Waals surface area contributed by atoms with Crippen molar-refractivity contribution in [3.8, 4) is 0 Å². The average molecular weight is 299 g/mol. The number of rotatable bonds is 4. The number of aliphatic hydroxyl groups excluding tert-OH is 1. The Kier molecular flexibility index (Phi) is 5.17. The van der Waals surface area contributed by atoms with Gasteiger partial charge in [-0.25, -0.2) is 0 Å². The molecular weight excluding hydrogens is 274 g/mol. The highest BCUT2D eigenvalue weighted by Gasteiger charge is 2.35. The fourth-order valence-electron chi connectivity index (χ4n) is 2.88. The number of hydrogen-bond acceptors (Lipinski definition) is 3. The first kappa shape index (κ1) is 16.5. The molecule has 0 aromatic heterocycles. The molecule has 118 valence electrons. The van der Waals surface area contributed by atoms with E-state index in [0.717, 1.165) is 24.1 Å². The van der Waals surface area contributed by atoms with E-state index in [1.54, 1.807) is 0 Å². The highest BCUT2D eigenvalue weighted by Crippen LogP contribution is 2.35. The maximum atomic E-state index is 12.4. The zero-order chi connectivity index (χ0) is 16.2. The molecule has 0 unspecified atom stereocenters. The van der Waals surface area contributed by atoms with Gasteiger partial charge in [0.25, 0.3) is 0 Å². The molecule has 1 fully saturated rings. The van der Waals surface area contributed by atoms with Crippen LogP contribution < -0.4 is 0 Å². The molecule has 1 aliphatic rings. The highest BCUT2D eigenvalue weighted by molar-refractivity contribution is 6.24. The van der Waals surface area contributed by atoms with Gasteiger partial charge in [-0.1, -0.05) is 51.1 Å². The lowest BCUT2D eigenvalue weighted by atomic mass is 9.73. The predicted octanol–water partition coefficient (Wildman–Crippen LogP) is 4.63. The molecule has 0 amide bonds. The molecular formula is C19H25NO2. The predicted molar refractivity (Wildman–Crippen MR) is 90.2 cm³/mol. The summed E-state index contributed by atoms with van der Waals surface area (Å²) in [5.74, 6) is 0.226. The van der Waals surface area contributed by atoms with Gasteiger partial charge in [-0.3, -0.25) is 9.79 Å². The summed E-state index contributed by atoms with van der Waals surface area (Å²) in [5, 5.41) is 10.3. The van der Waals surface area contributed by atoms with Crippen molar-refractivity contribution < 1.29 is 9.90 Å². The van der Waals surface area contributed by atoms with E-state index in [4.69, 9.17) is 0 Å². The molecule has 0 atom stereocenters. The van der Waals surface area contributed by atoms with Crippen molar-refractivity contribution in [1.29, 1.82) is 0 Å². The first-order valence-corrected chi connectivity index (χ1v) is 7.96. The number of Topliss-reactive ketones (excluding diaryl/α,β-unsaturated/α-hetero) is 1. The minimum atomic E-state index is -0.0946. The van der Waals surface area contributed by atoms with Crippen LogP contribution in [0.2, 0.25) is 0 Å². The largest absolute Gasteiger partial charge is 0.511 e. The van der Waals surface area contributed by atoms with E-state index in [1.165, 1.54) is 0 Å². The quantitative estimate of drug-likeness (QED) is 0.651. The van der Waals surface area contributed by atoms with Gasteiger partial charge < -0.3 is 5.11 Å².